The molecular formula is C9H23NO. The lowest BCUT2D eigenvalue weighted by Crippen LogP contribution is -2.03. The molecule has 1 unspecified atom stereocenters. The highest BCUT2D eigenvalue weighted by Gasteiger charge is 1.97. The molecule has 0 aliphatic rings. The molecule has 0 rings (SSSR count). The van der Waals surface area contributed by atoms with E-state index in [1.807, 2.05) is 13.8 Å². The van der Waals surface area contributed by atoms with Crippen LogP contribution in [0.1, 0.15) is 40.0 Å². The van der Waals surface area contributed by atoms with Gasteiger partial charge in [-0.2, -0.15) is 0 Å². The molecule has 0 radical (unpaired) electrons. The van der Waals surface area contributed by atoms with Gasteiger partial charge in [0.25, 0.3) is 0 Å². The molecule has 0 bridgehead atoms. The Morgan fingerprint density at radius 3 is 2.18 bits per heavy atom. The first-order valence-electron chi connectivity index (χ1n) is 4.62. The van der Waals surface area contributed by atoms with Crippen molar-refractivity contribution in [2.24, 2.45) is 11.7 Å². The van der Waals surface area contributed by atoms with Crippen molar-refractivity contribution < 1.29 is 5.11 Å². The van der Waals surface area contributed by atoms with Crippen LogP contribution in [0.3, 0.4) is 0 Å². The second-order valence-corrected chi connectivity index (χ2v) is 2.57. The summed E-state index contributed by atoms with van der Waals surface area (Å²) in [7, 11) is 0. The Balaban J connectivity index is 0. The summed E-state index contributed by atoms with van der Waals surface area (Å²) >= 11 is 0. The van der Waals surface area contributed by atoms with Crippen LogP contribution in [0.2, 0.25) is 0 Å². The predicted molar refractivity (Wildman–Crippen MR) is 50.5 cm³/mol. The van der Waals surface area contributed by atoms with Crippen LogP contribution in [0.25, 0.3) is 0 Å². The fourth-order valence-corrected chi connectivity index (χ4v) is 0.728. The molecule has 70 valence electrons. The highest BCUT2D eigenvalue weighted by molar-refractivity contribution is 4.50. The van der Waals surface area contributed by atoms with Crippen LogP contribution in [-0.4, -0.2) is 18.3 Å². The second kappa shape index (κ2) is 12.6. The van der Waals surface area contributed by atoms with E-state index in [2.05, 4.69) is 6.92 Å². The van der Waals surface area contributed by atoms with Crippen molar-refractivity contribution in [1.82, 2.24) is 0 Å². The molecule has 0 aromatic rings. The zero-order chi connectivity index (χ0) is 9.11. The average Bonchev–Trinajstić information content (AvgIpc) is 2.08. The molecule has 0 fully saturated rings. The molecule has 0 aliphatic carbocycles. The Morgan fingerprint density at radius 1 is 1.27 bits per heavy atom. The highest BCUT2D eigenvalue weighted by Crippen LogP contribution is 2.04. The molecule has 11 heavy (non-hydrogen) atoms. The minimum Gasteiger partial charge on any atom is -0.396 e. The molecule has 0 saturated carbocycles. The van der Waals surface area contributed by atoms with Gasteiger partial charge in [-0.15, -0.1) is 0 Å². The molecule has 0 aromatic heterocycles. The molecule has 1 atom stereocenters. The summed E-state index contributed by atoms with van der Waals surface area (Å²) in [4.78, 5) is 0. The van der Waals surface area contributed by atoms with E-state index in [4.69, 9.17) is 10.8 Å². The standard InChI is InChI=1S/C7H17NO.C2H6/c1-7(6-9)4-2-3-5-8;1-2/h7,9H,2-6,8H2,1H3;1-2H3. The average molecular weight is 161 g/mol. The largest absolute Gasteiger partial charge is 0.396 e. The van der Waals surface area contributed by atoms with Gasteiger partial charge in [0, 0.05) is 6.61 Å². The maximum Gasteiger partial charge on any atom is 0.0456 e. The second-order valence-electron chi connectivity index (χ2n) is 2.57. The van der Waals surface area contributed by atoms with Gasteiger partial charge in [0.1, 0.15) is 0 Å². The summed E-state index contributed by atoms with van der Waals surface area (Å²) in [6.45, 7) is 7.14. The summed E-state index contributed by atoms with van der Waals surface area (Å²) in [5, 5.41) is 8.60. The number of hydrogen-bond acceptors (Lipinski definition) is 2. The van der Waals surface area contributed by atoms with Crippen LogP contribution >= 0.6 is 0 Å². The zero-order valence-electron chi connectivity index (χ0n) is 8.14. The van der Waals surface area contributed by atoms with Crippen molar-refractivity contribution in [3.05, 3.63) is 0 Å². The van der Waals surface area contributed by atoms with Gasteiger partial charge in [-0.25, -0.2) is 0 Å². The third-order valence-corrected chi connectivity index (χ3v) is 1.46. The lowest BCUT2D eigenvalue weighted by Gasteiger charge is -2.04. The van der Waals surface area contributed by atoms with E-state index in [9.17, 15) is 0 Å². The van der Waals surface area contributed by atoms with Crippen molar-refractivity contribution in [3.63, 3.8) is 0 Å². The SMILES string of the molecule is CC.CC(CO)CCCCN. The quantitative estimate of drug-likeness (QED) is 0.604. The molecule has 0 spiro atoms. The topological polar surface area (TPSA) is 46.2 Å². The lowest BCUT2D eigenvalue weighted by atomic mass is 10.1. The smallest absolute Gasteiger partial charge is 0.0456 e. The number of hydrogen-bond donors (Lipinski definition) is 2. The van der Waals surface area contributed by atoms with Crippen molar-refractivity contribution in [1.29, 1.82) is 0 Å². The minimum atomic E-state index is 0.310. The van der Waals surface area contributed by atoms with Gasteiger partial charge in [0.05, 0.1) is 0 Å². The molecule has 0 heterocycles. The van der Waals surface area contributed by atoms with E-state index in [1.165, 1.54) is 0 Å². The first kappa shape index (κ1) is 13.5. The monoisotopic (exact) mass is 161 g/mol. The van der Waals surface area contributed by atoms with Crippen molar-refractivity contribution >= 4 is 0 Å². The Bertz CT molecular complexity index is 57.5. The third-order valence-electron chi connectivity index (χ3n) is 1.46. The maximum absolute atomic E-state index is 8.60. The number of nitrogens with two attached hydrogens (primary N) is 1. The fraction of sp³-hybridized carbons (Fsp3) is 1.00. The van der Waals surface area contributed by atoms with E-state index >= 15 is 0 Å². The van der Waals surface area contributed by atoms with E-state index < -0.39 is 0 Å². The number of aliphatic hydroxyl groups excluding tert-OH is 1. The van der Waals surface area contributed by atoms with E-state index in [0.717, 1.165) is 25.8 Å². The number of unbranched alkanes of at least 4 members (excludes halogenated alkanes) is 1. The van der Waals surface area contributed by atoms with Gasteiger partial charge >= 0.3 is 0 Å². The summed E-state index contributed by atoms with van der Waals surface area (Å²) in [6.07, 6.45) is 3.34. The Labute approximate surface area is 70.8 Å². The third kappa shape index (κ3) is 13.0. The molecule has 0 saturated heterocycles. The lowest BCUT2D eigenvalue weighted by molar-refractivity contribution is 0.228. The molecule has 2 heteroatoms. The van der Waals surface area contributed by atoms with Gasteiger partial charge in [-0.3, -0.25) is 0 Å². The van der Waals surface area contributed by atoms with Gasteiger partial charge < -0.3 is 10.8 Å². The van der Waals surface area contributed by atoms with Crippen LogP contribution < -0.4 is 5.73 Å². The molecule has 0 aliphatic heterocycles. The van der Waals surface area contributed by atoms with Crippen LogP contribution in [0.4, 0.5) is 0 Å². The van der Waals surface area contributed by atoms with Gasteiger partial charge in [-0.1, -0.05) is 27.2 Å². The number of rotatable bonds is 5. The summed E-state index contributed by atoms with van der Waals surface area (Å²) in [5.41, 5.74) is 5.29. The molecule has 0 aromatic carbocycles. The predicted octanol–water partition coefficient (Wildman–Crippen LogP) is 1.77. The van der Waals surface area contributed by atoms with E-state index in [-0.39, 0.29) is 0 Å². The Kier molecular flexibility index (Phi) is 15.4. The van der Waals surface area contributed by atoms with Crippen LogP contribution in [0.5, 0.6) is 0 Å². The maximum atomic E-state index is 8.60. The first-order valence-corrected chi connectivity index (χ1v) is 4.62. The number of aliphatic hydroxyl groups is 1. The zero-order valence-corrected chi connectivity index (χ0v) is 8.14. The Morgan fingerprint density at radius 2 is 1.82 bits per heavy atom. The van der Waals surface area contributed by atoms with E-state index in [0.29, 0.717) is 12.5 Å². The highest BCUT2D eigenvalue weighted by atomic mass is 16.3. The van der Waals surface area contributed by atoms with Gasteiger partial charge in [-0.05, 0) is 25.3 Å². The van der Waals surface area contributed by atoms with Gasteiger partial charge in [0.15, 0.2) is 0 Å². The summed E-state index contributed by atoms with van der Waals surface area (Å²) in [6, 6.07) is 0. The molecule has 3 N–H and O–H groups in total. The summed E-state index contributed by atoms with van der Waals surface area (Å²) in [5.74, 6) is 0.455. The van der Waals surface area contributed by atoms with Gasteiger partial charge in [0.2, 0.25) is 0 Å². The van der Waals surface area contributed by atoms with Crippen molar-refractivity contribution in [2.75, 3.05) is 13.2 Å². The fourth-order valence-electron chi connectivity index (χ4n) is 0.728. The van der Waals surface area contributed by atoms with Crippen molar-refractivity contribution in [2.45, 2.75) is 40.0 Å². The molecule has 0 amide bonds. The Hall–Kier alpha value is -0.0800. The first-order chi connectivity index (χ1) is 5.31. The van der Waals surface area contributed by atoms with E-state index in [1.54, 1.807) is 0 Å². The molecular weight excluding hydrogens is 138 g/mol. The normalized spacial score (nSPS) is 11.7. The summed E-state index contributed by atoms with van der Waals surface area (Å²) < 4.78 is 0. The van der Waals surface area contributed by atoms with Crippen LogP contribution in [-0.2, 0) is 0 Å². The van der Waals surface area contributed by atoms with Crippen LogP contribution in [0, 0.1) is 5.92 Å². The minimum absolute atomic E-state index is 0.310. The van der Waals surface area contributed by atoms with Crippen LogP contribution in [0.15, 0.2) is 0 Å². The molecule has 2 nitrogen and oxygen atoms in total. The van der Waals surface area contributed by atoms with Crippen molar-refractivity contribution in [3.8, 4) is 0 Å².